The van der Waals surface area contributed by atoms with Gasteiger partial charge in [-0.15, -0.1) is 0 Å². The van der Waals surface area contributed by atoms with Crippen LogP contribution in [0, 0.1) is 17.3 Å². The minimum Gasteiger partial charge on any atom is -0.303 e. The summed E-state index contributed by atoms with van der Waals surface area (Å²) in [5.41, 5.74) is 0.471. The summed E-state index contributed by atoms with van der Waals surface area (Å²) in [6.07, 6.45) is 13.7. The van der Waals surface area contributed by atoms with Crippen LogP contribution < -0.4 is 0 Å². The first kappa shape index (κ1) is 28.2. The van der Waals surface area contributed by atoms with Crippen molar-refractivity contribution in [2.75, 3.05) is 19.6 Å². The van der Waals surface area contributed by atoms with Crippen LogP contribution in [0.4, 0.5) is 0 Å². The lowest BCUT2D eigenvalue weighted by molar-refractivity contribution is 0.153. The highest BCUT2D eigenvalue weighted by atomic mass is 15.1. The minimum atomic E-state index is 0.471. The van der Waals surface area contributed by atoms with E-state index in [1.54, 1.807) is 0 Å². The van der Waals surface area contributed by atoms with Crippen LogP contribution in [0.1, 0.15) is 127 Å². The van der Waals surface area contributed by atoms with E-state index in [0.29, 0.717) is 5.41 Å². The lowest BCUT2D eigenvalue weighted by Crippen LogP contribution is -2.37. The first-order valence-corrected chi connectivity index (χ1v) is 12.1. The fraction of sp³-hybridized carbons (Fsp3) is 1.00. The van der Waals surface area contributed by atoms with Gasteiger partial charge >= 0.3 is 0 Å². The monoisotopic (exact) mass is 369 g/mol. The highest BCUT2D eigenvalue weighted by Gasteiger charge is 2.20. The molecule has 0 heterocycles. The van der Waals surface area contributed by atoms with Gasteiger partial charge in [0.2, 0.25) is 0 Å². The third-order valence-electron chi connectivity index (χ3n) is 6.24. The molecule has 0 aliphatic heterocycles. The van der Waals surface area contributed by atoms with Crippen LogP contribution in [-0.2, 0) is 0 Å². The highest BCUT2D eigenvalue weighted by Crippen LogP contribution is 2.23. The van der Waals surface area contributed by atoms with Gasteiger partial charge in [-0.2, -0.15) is 0 Å². The van der Waals surface area contributed by atoms with Crippen LogP contribution in [0.25, 0.3) is 0 Å². The molecule has 0 saturated carbocycles. The Hall–Kier alpha value is -0.0400. The third-order valence-corrected chi connectivity index (χ3v) is 6.24. The van der Waals surface area contributed by atoms with Crippen molar-refractivity contribution in [3.63, 3.8) is 0 Å². The van der Waals surface area contributed by atoms with Crippen molar-refractivity contribution in [2.45, 2.75) is 127 Å². The fourth-order valence-electron chi connectivity index (χ4n) is 3.49. The number of hydrogen-bond acceptors (Lipinski definition) is 1. The van der Waals surface area contributed by atoms with Crippen molar-refractivity contribution in [2.24, 2.45) is 17.3 Å². The Bertz CT molecular complexity index is 267. The van der Waals surface area contributed by atoms with Crippen molar-refractivity contribution in [3.05, 3.63) is 0 Å². The smallest absolute Gasteiger partial charge is 0.00326 e. The van der Waals surface area contributed by atoms with E-state index in [1.807, 2.05) is 0 Å². The van der Waals surface area contributed by atoms with Gasteiger partial charge in [0.1, 0.15) is 0 Å². The molecular weight excluding hydrogens is 314 g/mol. The lowest BCUT2D eigenvalue weighted by Gasteiger charge is -2.33. The average Bonchev–Trinajstić information content (AvgIpc) is 2.65. The van der Waals surface area contributed by atoms with E-state index >= 15 is 0 Å². The van der Waals surface area contributed by atoms with Gasteiger partial charge < -0.3 is 4.90 Å². The van der Waals surface area contributed by atoms with Crippen molar-refractivity contribution in [3.8, 4) is 0 Å². The Morgan fingerprint density at radius 1 is 0.692 bits per heavy atom. The maximum atomic E-state index is 2.66. The summed E-state index contributed by atoms with van der Waals surface area (Å²) >= 11 is 0. The predicted molar refractivity (Wildman–Crippen MR) is 123 cm³/mol. The predicted octanol–water partition coefficient (Wildman–Crippen LogP) is 8.57. The van der Waals surface area contributed by atoms with Gasteiger partial charge in [-0.3, -0.25) is 0 Å². The number of unbranched alkanes of at least 4 members (excludes halogenated alkanes) is 2. The minimum absolute atomic E-state index is 0.471. The van der Waals surface area contributed by atoms with Gasteiger partial charge in [-0.1, -0.05) is 114 Å². The molecule has 1 nitrogen and oxygen atoms in total. The number of rotatable bonds is 15. The van der Waals surface area contributed by atoms with E-state index in [-0.39, 0.29) is 0 Å². The molecule has 0 aromatic heterocycles. The molecule has 0 radical (unpaired) electrons. The van der Waals surface area contributed by atoms with E-state index in [2.05, 4.69) is 67.2 Å². The lowest BCUT2D eigenvalue weighted by atomic mass is 9.89. The molecule has 1 atom stereocenters. The number of hydrogen-bond donors (Lipinski definition) is 0. The Morgan fingerprint density at radius 2 is 1.15 bits per heavy atom. The Morgan fingerprint density at radius 3 is 1.50 bits per heavy atom. The summed E-state index contributed by atoms with van der Waals surface area (Å²) < 4.78 is 0. The second-order valence-corrected chi connectivity index (χ2v) is 9.09. The summed E-state index contributed by atoms with van der Waals surface area (Å²) in [4.78, 5) is 2.66. The molecule has 0 aliphatic carbocycles. The van der Waals surface area contributed by atoms with Crippen LogP contribution in [0.2, 0.25) is 0 Å². The summed E-state index contributed by atoms with van der Waals surface area (Å²) in [7, 11) is 0. The highest BCUT2D eigenvalue weighted by molar-refractivity contribution is 4.74. The van der Waals surface area contributed by atoms with Crippen LogP contribution in [0.15, 0.2) is 0 Å². The molecule has 0 spiro atoms. The van der Waals surface area contributed by atoms with Crippen LogP contribution in [0.5, 0.6) is 0 Å². The molecule has 0 saturated heterocycles. The zero-order valence-electron chi connectivity index (χ0n) is 20.3. The summed E-state index contributed by atoms with van der Waals surface area (Å²) in [6.45, 7) is 24.6. The first-order chi connectivity index (χ1) is 12.3. The van der Waals surface area contributed by atoms with Crippen molar-refractivity contribution < 1.29 is 0 Å². The Kier molecular flexibility index (Phi) is 19.9. The van der Waals surface area contributed by atoms with Gasteiger partial charge in [-0.05, 0) is 36.6 Å². The molecule has 0 aromatic rings. The fourth-order valence-corrected chi connectivity index (χ4v) is 3.49. The molecule has 0 rings (SSSR count). The second kappa shape index (κ2) is 18.3. The topological polar surface area (TPSA) is 3.24 Å². The number of nitrogens with zero attached hydrogens (tertiary/aromatic N) is 1. The molecule has 0 N–H and O–H groups in total. The van der Waals surface area contributed by atoms with E-state index < -0.39 is 0 Å². The van der Waals surface area contributed by atoms with E-state index in [0.717, 1.165) is 11.8 Å². The molecule has 0 amide bonds. The zero-order chi connectivity index (χ0) is 20.4. The van der Waals surface area contributed by atoms with Crippen molar-refractivity contribution in [1.29, 1.82) is 0 Å². The van der Waals surface area contributed by atoms with E-state index in [4.69, 9.17) is 0 Å². The first-order valence-electron chi connectivity index (χ1n) is 12.1. The summed E-state index contributed by atoms with van der Waals surface area (Å²) in [6, 6.07) is 0. The van der Waals surface area contributed by atoms with Gasteiger partial charge in [0.15, 0.2) is 0 Å². The summed E-state index contributed by atoms with van der Waals surface area (Å²) in [5, 5.41) is 0. The molecular formula is C25H55N. The van der Waals surface area contributed by atoms with Gasteiger partial charge in [0.25, 0.3) is 0 Å². The average molecular weight is 370 g/mol. The molecule has 1 heteroatoms. The van der Waals surface area contributed by atoms with Crippen LogP contribution in [0.3, 0.4) is 0 Å². The van der Waals surface area contributed by atoms with E-state index in [1.165, 1.54) is 83.8 Å². The molecule has 26 heavy (non-hydrogen) atoms. The van der Waals surface area contributed by atoms with Gasteiger partial charge in [0, 0.05) is 13.1 Å². The zero-order valence-corrected chi connectivity index (χ0v) is 20.3. The van der Waals surface area contributed by atoms with Crippen LogP contribution >= 0.6 is 0 Å². The van der Waals surface area contributed by atoms with E-state index in [9.17, 15) is 0 Å². The third kappa shape index (κ3) is 16.2. The maximum absolute atomic E-state index is 2.66. The van der Waals surface area contributed by atoms with Crippen LogP contribution in [-0.4, -0.2) is 24.5 Å². The second-order valence-electron chi connectivity index (χ2n) is 9.09. The largest absolute Gasteiger partial charge is 0.303 e. The molecule has 1 unspecified atom stereocenters. The standard InChI is InChI=1S/C16H35N.C9H20/c1-7-11-12-15(8-2)13-17(10-4)14-16(5,6)9-3;1-4-7-8-9(5-2)6-3/h15H,7-14H2,1-6H3;9H,4-8H2,1-3H3. The normalized spacial score (nSPS) is 13.0. The summed E-state index contributed by atoms with van der Waals surface area (Å²) in [5.74, 6) is 1.91. The van der Waals surface area contributed by atoms with Gasteiger partial charge in [-0.25, -0.2) is 0 Å². The maximum Gasteiger partial charge on any atom is 0.00326 e. The quantitative estimate of drug-likeness (QED) is 0.279. The molecule has 160 valence electrons. The molecule has 0 aromatic carbocycles. The Labute approximate surface area is 168 Å². The SMILES string of the molecule is CCCCC(CC)CC.CCCCC(CC)CN(CC)CC(C)(C)CC. The van der Waals surface area contributed by atoms with Crippen molar-refractivity contribution in [1.82, 2.24) is 4.90 Å². The Balaban J connectivity index is 0. The molecule has 0 aliphatic rings. The van der Waals surface area contributed by atoms with Crippen molar-refractivity contribution >= 4 is 0 Å². The molecule has 0 fully saturated rings. The molecule has 0 bridgehead atoms. The van der Waals surface area contributed by atoms with Gasteiger partial charge in [0.05, 0.1) is 0 Å².